The molecule has 1 saturated heterocycles. The van der Waals surface area contributed by atoms with Crippen LogP contribution in [0.1, 0.15) is 0 Å². The Morgan fingerprint density at radius 2 is 1.94 bits per heavy atom. The Morgan fingerprint density at radius 1 is 1.24 bits per heavy atom. The zero-order valence-electron chi connectivity index (χ0n) is 9.37. The van der Waals surface area contributed by atoms with Gasteiger partial charge in [0.2, 0.25) is 0 Å². The van der Waals surface area contributed by atoms with Crippen LogP contribution in [0.2, 0.25) is 0 Å². The standard InChI is InChI=1S/C11H14N4OS/c16-15-11-4-2-1-3-10(11)14(12-15)9-13-5-7-17-8-6-13/h1-4,9,12H,5-8H2. The zero-order valence-corrected chi connectivity index (χ0v) is 10.2. The van der Waals surface area contributed by atoms with Crippen molar-refractivity contribution in [1.29, 1.82) is 0 Å². The number of nitrogens with one attached hydrogen (secondary N) is 1. The third-order valence-corrected chi connectivity index (χ3v) is 3.83. The van der Waals surface area contributed by atoms with Gasteiger partial charge in [-0.3, -0.25) is 4.58 Å². The van der Waals surface area contributed by atoms with Crippen LogP contribution in [0.4, 0.5) is 11.4 Å². The van der Waals surface area contributed by atoms with Crippen molar-refractivity contribution in [2.24, 2.45) is 0 Å². The molecule has 0 bridgehead atoms. The molecule has 90 valence electrons. The monoisotopic (exact) mass is 250 g/mol. The molecule has 6 heteroatoms. The lowest BCUT2D eigenvalue weighted by Gasteiger charge is -2.21. The van der Waals surface area contributed by atoms with Gasteiger partial charge in [0.1, 0.15) is 0 Å². The van der Waals surface area contributed by atoms with Gasteiger partial charge in [-0.25, -0.2) is 0 Å². The van der Waals surface area contributed by atoms with Crippen molar-refractivity contribution in [1.82, 2.24) is 5.53 Å². The highest BCUT2D eigenvalue weighted by molar-refractivity contribution is 7.99. The maximum absolute atomic E-state index is 11.6. The average molecular weight is 250 g/mol. The molecule has 1 N–H and O–H groups in total. The smallest absolute Gasteiger partial charge is 0.259 e. The number of thioether (sulfide) groups is 1. The van der Waals surface area contributed by atoms with Crippen LogP contribution in [-0.4, -0.2) is 35.5 Å². The van der Waals surface area contributed by atoms with E-state index in [1.807, 2.05) is 42.4 Å². The number of fused-ring (bicyclic) bond motifs is 1. The Labute approximate surface area is 104 Å². The number of para-hydroxylation sites is 2. The SMILES string of the molecule is [O-]N1NN(C=[N+]2CCSCC2)c2ccccc21. The van der Waals surface area contributed by atoms with Crippen molar-refractivity contribution >= 4 is 29.5 Å². The molecule has 2 aliphatic heterocycles. The largest absolute Gasteiger partial charge is 0.740 e. The second-order valence-corrected chi connectivity index (χ2v) is 5.24. The number of hydrogen-bond acceptors (Lipinski definition) is 4. The third kappa shape index (κ3) is 2.11. The number of anilines is 2. The van der Waals surface area contributed by atoms with E-state index in [4.69, 9.17) is 0 Å². The quantitative estimate of drug-likeness (QED) is 0.595. The molecule has 0 radical (unpaired) electrons. The fourth-order valence-electron chi connectivity index (χ4n) is 1.99. The van der Waals surface area contributed by atoms with Gasteiger partial charge < -0.3 is 10.4 Å². The summed E-state index contributed by atoms with van der Waals surface area (Å²) in [7, 11) is 0. The van der Waals surface area contributed by atoms with Crippen LogP contribution in [0.25, 0.3) is 0 Å². The molecule has 0 saturated carbocycles. The van der Waals surface area contributed by atoms with E-state index in [1.54, 1.807) is 5.01 Å². The molecule has 0 unspecified atom stereocenters. The van der Waals surface area contributed by atoms with E-state index in [0.717, 1.165) is 35.5 Å². The first-order valence-corrected chi connectivity index (χ1v) is 6.79. The van der Waals surface area contributed by atoms with Gasteiger partial charge in [0.25, 0.3) is 6.34 Å². The highest BCUT2D eigenvalue weighted by Gasteiger charge is 2.25. The lowest BCUT2D eigenvalue weighted by molar-refractivity contribution is -0.517. The molecule has 2 heterocycles. The number of hydrazine groups is 2. The predicted octanol–water partition coefficient (Wildman–Crippen LogP) is 1.02. The number of benzene rings is 1. The highest BCUT2D eigenvalue weighted by Crippen LogP contribution is 2.30. The summed E-state index contributed by atoms with van der Waals surface area (Å²) in [4.78, 5) is 0. The maximum atomic E-state index is 11.6. The molecule has 2 aliphatic rings. The van der Waals surface area contributed by atoms with E-state index in [9.17, 15) is 5.21 Å². The van der Waals surface area contributed by atoms with Crippen LogP contribution in [0.5, 0.6) is 0 Å². The molecule has 17 heavy (non-hydrogen) atoms. The molecule has 1 aromatic carbocycles. The molecule has 3 rings (SSSR count). The van der Waals surface area contributed by atoms with Crippen LogP contribution in [0.3, 0.4) is 0 Å². The molecule has 0 aromatic heterocycles. The van der Waals surface area contributed by atoms with Crippen LogP contribution >= 0.6 is 11.8 Å². The zero-order chi connectivity index (χ0) is 11.7. The third-order valence-electron chi connectivity index (χ3n) is 2.88. The molecule has 0 atom stereocenters. The first-order valence-electron chi connectivity index (χ1n) is 5.63. The van der Waals surface area contributed by atoms with Gasteiger partial charge in [-0.2, -0.15) is 11.8 Å². The molecule has 5 nitrogen and oxygen atoms in total. The first-order chi connectivity index (χ1) is 8.34. The summed E-state index contributed by atoms with van der Waals surface area (Å²) in [6.45, 7) is 2.06. The van der Waals surface area contributed by atoms with E-state index in [-0.39, 0.29) is 0 Å². The van der Waals surface area contributed by atoms with Crippen LogP contribution in [-0.2, 0) is 0 Å². The molecular weight excluding hydrogens is 236 g/mol. The Hall–Kier alpha value is -1.24. The molecule has 0 amide bonds. The summed E-state index contributed by atoms with van der Waals surface area (Å²) in [6, 6.07) is 7.56. The van der Waals surface area contributed by atoms with Crippen molar-refractivity contribution in [2.75, 3.05) is 34.8 Å². The van der Waals surface area contributed by atoms with E-state index >= 15 is 0 Å². The Morgan fingerprint density at radius 3 is 2.71 bits per heavy atom. The Kier molecular flexibility index (Phi) is 2.92. The van der Waals surface area contributed by atoms with Gasteiger partial charge in [-0.05, 0) is 12.1 Å². The van der Waals surface area contributed by atoms with Gasteiger partial charge in [0.05, 0.1) is 18.8 Å². The van der Waals surface area contributed by atoms with Gasteiger partial charge in [-0.15, -0.1) is 5.01 Å². The maximum Gasteiger partial charge on any atom is 0.259 e. The topological polar surface area (TPSA) is 44.6 Å². The molecule has 0 aliphatic carbocycles. The fraction of sp³-hybridized carbons (Fsp3) is 0.364. The average Bonchev–Trinajstić information content (AvgIpc) is 2.69. The number of nitrogens with zero attached hydrogens (tertiary/aromatic N) is 3. The van der Waals surface area contributed by atoms with Gasteiger partial charge in [-0.1, -0.05) is 17.7 Å². The van der Waals surface area contributed by atoms with Crippen LogP contribution in [0.15, 0.2) is 24.3 Å². The van der Waals surface area contributed by atoms with Crippen molar-refractivity contribution in [2.45, 2.75) is 0 Å². The summed E-state index contributed by atoms with van der Waals surface area (Å²) in [5.74, 6) is 2.29. The summed E-state index contributed by atoms with van der Waals surface area (Å²) < 4.78 is 2.24. The van der Waals surface area contributed by atoms with Crippen molar-refractivity contribution in [3.8, 4) is 0 Å². The summed E-state index contributed by atoms with van der Waals surface area (Å²) in [5, 5.41) is 14.2. The second kappa shape index (κ2) is 4.56. The molecule has 1 fully saturated rings. The van der Waals surface area contributed by atoms with Gasteiger partial charge in [0.15, 0.2) is 5.69 Å². The minimum Gasteiger partial charge on any atom is -0.740 e. The van der Waals surface area contributed by atoms with Crippen molar-refractivity contribution in [3.63, 3.8) is 0 Å². The van der Waals surface area contributed by atoms with Crippen LogP contribution < -0.4 is 15.7 Å². The lowest BCUT2D eigenvalue weighted by atomic mass is 10.3. The predicted molar refractivity (Wildman–Crippen MR) is 71.3 cm³/mol. The molecular formula is C11H14N4OS. The number of hydrogen-bond donors (Lipinski definition) is 1. The van der Waals surface area contributed by atoms with E-state index < -0.39 is 0 Å². The second-order valence-electron chi connectivity index (χ2n) is 4.02. The van der Waals surface area contributed by atoms with Gasteiger partial charge >= 0.3 is 0 Å². The summed E-state index contributed by atoms with van der Waals surface area (Å²) >= 11 is 1.97. The Bertz CT molecular complexity index is 443. The highest BCUT2D eigenvalue weighted by atomic mass is 32.2. The summed E-state index contributed by atoms with van der Waals surface area (Å²) in [5.41, 5.74) is 4.34. The summed E-state index contributed by atoms with van der Waals surface area (Å²) in [6.07, 6.45) is 1.98. The Balaban J connectivity index is 1.86. The minimum atomic E-state index is 0.662. The van der Waals surface area contributed by atoms with Gasteiger partial charge in [0, 0.05) is 11.5 Å². The van der Waals surface area contributed by atoms with E-state index in [1.165, 1.54) is 0 Å². The normalized spacial score (nSPS) is 19.5. The molecule has 0 spiro atoms. The minimum absolute atomic E-state index is 0.662. The van der Waals surface area contributed by atoms with E-state index in [2.05, 4.69) is 10.1 Å². The lowest BCUT2D eigenvalue weighted by Crippen LogP contribution is -2.43. The first kappa shape index (κ1) is 10.9. The number of rotatable bonds is 1. The fourth-order valence-corrected chi connectivity index (χ4v) is 2.92. The van der Waals surface area contributed by atoms with Crippen molar-refractivity contribution < 1.29 is 4.58 Å². The van der Waals surface area contributed by atoms with E-state index in [0.29, 0.717) is 5.69 Å². The van der Waals surface area contributed by atoms with Crippen molar-refractivity contribution in [3.05, 3.63) is 29.5 Å². The molecule has 1 aromatic rings. The van der Waals surface area contributed by atoms with Crippen LogP contribution in [0, 0.1) is 5.21 Å².